The molecular weight excluding hydrogens is 228 g/mol. The van der Waals surface area contributed by atoms with Gasteiger partial charge in [-0.25, -0.2) is 0 Å². The Balaban J connectivity index is 2.86. The lowest BCUT2D eigenvalue weighted by molar-refractivity contribution is -0.384. The van der Waals surface area contributed by atoms with Crippen molar-refractivity contribution in [3.8, 4) is 0 Å². The van der Waals surface area contributed by atoms with Crippen LogP contribution < -0.4 is 5.73 Å². The molecule has 92 valence electrons. The SMILES string of the molecule is COC(=O)[C@H](N)[C@H](O)c1ccc([N+](=O)[O-])cc1. The zero-order chi connectivity index (χ0) is 13.0. The Labute approximate surface area is 97.0 Å². The molecular formula is C10H12N2O5. The molecule has 0 aliphatic carbocycles. The normalized spacial score (nSPS) is 13.8. The van der Waals surface area contributed by atoms with E-state index in [0.29, 0.717) is 5.56 Å². The fourth-order valence-corrected chi connectivity index (χ4v) is 1.27. The predicted octanol–water partition coefficient (Wildman–Crippen LogP) is 0.128. The molecule has 0 aliphatic heterocycles. The van der Waals surface area contributed by atoms with Crippen molar-refractivity contribution >= 4 is 11.7 Å². The smallest absolute Gasteiger partial charge is 0.325 e. The van der Waals surface area contributed by atoms with E-state index in [1.807, 2.05) is 0 Å². The molecule has 0 amide bonds. The summed E-state index contributed by atoms with van der Waals surface area (Å²) in [7, 11) is 1.16. The lowest BCUT2D eigenvalue weighted by Crippen LogP contribution is -2.37. The number of nitro benzene ring substituents is 1. The molecule has 0 aromatic heterocycles. The number of ether oxygens (including phenoxy) is 1. The highest BCUT2D eigenvalue weighted by Gasteiger charge is 2.25. The summed E-state index contributed by atoms with van der Waals surface area (Å²) in [5.74, 6) is -0.754. The maximum absolute atomic E-state index is 11.1. The zero-order valence-electron chi connectivity index (χ0n) is 9.07. The summed E-state index contributed by atoms with van der Waals surface area (Å²) in [6.45, 7) is 0. The second-order valence-electron chi connectivity index (χ2n) is 3.34. The van der Waals surface area contributed by atoms with E-state index in [1.165, 1.54) is 24.3 Å². The molecule has 1 aromatic rings. The van der Waals surface area contributed by atoms with Crippen LogP contribution in [0.3, 0.4) is 0 Å². The Morgan fingerprint density at radius 1 is 1.47 bits per heavy atom. The van der Waals surface area contributed by atoms with E-state index in [-0.39, 0.29) is 5.69 Å². The minimum absolute atomic E-state index is 0.104. The molecule has 0 spiro atoms. The first-order valence-corrected chi connectivity index (χ1v) is 4.73. The first-order chi connectivity index (χ1) is 7.97. The topological polar surface area (TPSA) is 116 Å². The van der Waals surface area contributed by atoms with E-state index in [0.717, 1.165) is 7.11 Å². The van der Waals surface area contributed by atoms with Gasteiger partial charge in [0, 0.05) is 12.1 Å². The van der Waals surface area contributed by atoms with Gasteiger partial charge in [0.05, 0.1) is 12.0 Å². The van der Waals surface area contributed by atoms with Gasteiger partial charge in [0.2, 0.25) is 0 Å². The van der Waals surface area contributed by atoms with Crippen LogP contribution in [0.15, 0.2) is 24.3 Å². The summed E-state index contributed by atoms with van der Waals surface area (Å²) >= 11 is 0. The van der Waals surface area contributed by atoms with Gasteiger partial charge < -0.3 is 15.6 Å². The standard InChI is InChI=1S/C10H12N2O5/c1-17-10(14)8(11)9(13)6-2-4-7(5-3-6)12(15)16/h2-5,8-9,13H,11H2,1H3/t8-,9-/m1/s1. The van der Waals surface area contributed by atoms with Crippen molar-refractivity contribution in [3.63, 3.8) is 0 Å². The van der Waals surface area contributed by atoms with E-state index >= 15 is 0 Å². The summed E-state index contributed by atoms with van der Waals surface area (Å²) in [5.41, 5.74) is 5.65. The van der Waals surface area contributed by atoms with Crippen LogP contribution in [0, 0.1) is 10.1 Å². The molecule has 0 aliphatic rings. The first kappa shape index (κ1) is 13.1. The first-order valence-electron chi connectivity index (χ1n) is 4.73. The molecule has 0 fully saturated rings. The molecule has 1 rings (SSSR count). The van der Waals surface area contributed by atoms with E-state index in [4.69, 9.17) is 5.73 Å². The molecule has 3 N–H and O–H groups in total. The van der Waals surface area contributed by atoms with Gasteiger partial charge in [-0.05, 0) is 17.7 Å². The van der Waals surface area contributed by atoms with E-state index < -0.39 is 23.0 Å². The van der Waals surface area contributed by atoms with Crippen LogP contribution >= 0.6 is 0 Å². The van der Waals surface area contributed by atoms with Gasteiger partial charge in [-0.15, -0.1) is 0 Å². The zero-order valence-corrected chi connectivity index (χ0v) is 9.07. The number of rotatable bonds is 4. The molecule has 2 atom stereocenters. The van der Waals surface area contributed by atoms with Crippen molar-refractivity contribution in [2.24, 2.45) is 5.73 Å². The second kappa shape index (κ2) is 5.37. The van der Waals surface area contributed by atoms with Crippen molar-refractivity contribution in [1.29, 1.82) is 0 Å². The van der Waals surface area contributed by atoms with E-state index in [9.17, 15) is 20.0 Å². The molecule has 7 nitrogen and oxygen atoms in total. The Hall–Kier alpha value is -1.99. The summed E-state index contributed by atoms with van der Waals surface area (Å²) in [6.07, 6.45) is -1.26. The number of methoxy groups -OCH3 is 1. The fourth-order valence-electron chi connectivity index (χ4n) is 1.27. The largest absolute Gasteiger partial charge is 0.468 e. The summed E-state index contributed by atoms with van der Waals surface area (Å²) in [5, 5.41) is 20.1. The number of aliphatic hydroxyl groups excluding tert-OH is 1. The highest BCUT2D eigenvalue weighted by molar-refractivity contribution is 5.76. The molecule has 0 saturated heterocycles. The minimum Gasteiger partial charge on any atom is -0.468 e. The Bertz CT molecular complexity index is 417. The third kappa shape index (κ3) is 2.99. The Kier molecular flexibility index (Phi) is 4.13. The van der Waals surface area contributed by atoms with Crippen LogP contribution in [-0.2, 0) is 9.53 Å². The highest BCUT2D eigenvalue weighted by atomic mass is 16.6. The van der Waals surface area contributed by atoms with Gasteiger partial charge in [0.1, 0.15) is 12.1 Å². The monoisotopic (exact) mass is 240 g/mol. The Morgan fingerprint density at radius 3 is 2.41 bits per heavy atom. The van der Waals surface area contributed by atoms with Crippen LogP contribution in [0.4, 0.5) is 5.69 Å². The highest BCUT2D eigenvalue weighted by Crippen LogP contribution is 2.19. The van der Waals surface area contributed by atoms with Crippen LogP contribution in [0.2, 0.25) is 0 Å². The van der Waals surface area contributed by atoms with Crippen LogP contribution in [0.25, 0.3) is 0 Å². The fraction of sp³-hybridized carbons (Fsp3) is 0.300. The van der Waals surface area contributed by atoms with Crippen LogP contribution in [-0.4, -0.2) is 29.2 Å². The lowest BCUT2D eigenvalue weighted by Gasteiger charge is -2.16. The average molecular weight is 240 g/mol. The predicted molar refractivity (Wildman–Crippen MR) is 58.0 cm³/mol. The maximum Gasteiger partial charge on any atom is 0.325 e. The number of non-ortho nitro benzene ring substituents is 1. The van der Waals surface area contributed by atoms with Gasteiger partial charge >= 0.3 is 5.97 Å². The van der Waals surface area contributed by atoms with Gasteiger partial charge in [0.25, 0.3) is 5.69 Å². The van der Waals surface area contributed by atoms with Gasteiger partial charge in [-0.3, -0.25) is 14.9 Å². The van der Waals surface area contributed by atoms with E-state index in [1.54, 1.807) is 0 Å². The number of nitro groups is 1. The van der Waals surface area contributed by atoms with Crippen molar-refractivity contribution < 1.29 is 19.6 Å². The summed E-state index contributed by atoms with van der Waals surface area (Å²) in [4.78, 5) is 20.9. The van der Waals surface area contributed by atoms with Crippen molar-refractivity contribution in [2.75, 3.05) is 7.11 Å². The molecule has 7 heteroatoms. The van der Waals surface area contributed by atoms with Crippen molar-refractivity contribution in [1.82, 2.24) is 0 Å². The second-order valence-corrected chi connectivity index (χ2v) is 3.34. The number of carbonyl (C=O) groups excluding carboxylic acids is 1. The quantitative estimate of drug-likeness (QED) is 0.439. The van der Waals surface area contributed by atoms with Gasteiger partial charge in [0.15, 0.2) is 0 Å². The number of carbonyl (C=O) groups is 1. The third-order valence-electron chi connectivity index (χ3n) is 2.26. The summed E-state index contributed by atoms with van der Waals surface area (Å²) in [6, 6.07) is 3.91. The lowest BCUT2D eigenvalue weighted by atomic mass is 10.0. The molecule has 0 heterocycles. The molecule has 0 unspecified atom stereocenters. The molecule has 0 bridgehead atoms. The molecule has 17 heavy (non-hydrogen) atoms. The Morgan fingerprint density at radius 2 is 2.00 bits per heavy atom. The van der Waals surface area contributed by atoms with Gasteiger partial charge in [-0.2, -0.15) is 0 Å². The third-order valence-corrected chi connectivity index (χ3v) is 2.26. The molecule has 0 saturated carbocycles. The van der Waals surface area contributed by atoms with Gasteiger partial charge in [-0.1, -0.05) is 0 Å². The number of nitrogens with zero attached hydrogens (tertiary/aromatic N) is 1. The number of esters is 1. The number of nitrogens with two attached hydrogens (primary N) is 1. The van der Waals surface area contributed by atoms with E-state index in [2.05, 4.69) is 4.74 Å². The number of hydrogen-bond acceptors (Lipinski definition) is 6. The van der Waals surface area contributed by atoms with Crippen LogP contribution in [0.1, 0.15) is 11.7 Å². The minimum atomic E-state index is -1.26. The number of benzene rings is 1. The molecule has 1 aromatic carbocycles. The van der Waals surface area contributed by atoms with Crippen molar-refractivity contribution in [2.45, 2.75) is 12.1 Å². The van der Waals surface area contributed by atoms with Crippen molar-refractivity contribution in [3.05, 3.63) is 39.9 Å². The number of aliphatic hydroxyl groups is 1. The summed E-state index contributed by atoms with van der Waals surface area (Å²) < 4.78 is 4.38. The maximum atomic E-state index is 11.1. The van der Waals surface area contributed by atoms with Crippen LogP contribution in [0.5, 0.6) is 0 Å². The molecule has 0 radical (unpaired) electrons. The number of hydrogen-bond donors (Lipinski definition) is 2. The average Bonchev–Trinajstić information content (AvgIpc) is 2.36.